The number of carboxylic acids is 1. The number of anilines is 2. The van der Waals surface area contributed by atoms with E-state index in [1.165, 1.54) is 0 Å². The molecule has 1 saturated carbocycles. The topological polar surface area (TPSA) is 106 Å². The first-order valence-corrected chi connectivity index (χ1v) is 10.1. The minimum absolute atomic E-state index is 0.0303. The van der Waals surface area contributed by atoms with Gasteiger partial charge in [-0.15, -0.1) is 5.10 Å². The van der Waals surface area contributed by atoms with Crippen LogP contribution < -0.4 is 5.32 Å². The highest BCUT2D eigenvalue weighted by Gasteiger charge is 2.31. The van der Waals surface area contributed by atoms with Crippen LogP contribution in [0.3, 0.4) is 0 Å². The number of rotatable bonds is 5. The maximum Gasteiger partial charge on any atom is 0.416 e. The van der Waals surface area contributed by atoms with Gasteiger partial charge in [-0.2, -0.15) is 13.2 Å². The third-order valence-corrected chi connectivity index (χ3v) is 5.51. The van der Waals surface area contributed by atoms with Gasteiger partial charge in [-0.05, 0) is 62.4 Å². The van der Waals surface area contributed by atoms with Gasteiger partial charge in [0, 0.05) is 6.20 Å². The quantitative estimate of drug-likeness (QED) is 0.589. The van der Waals surface area contributed by atoms with Crippen molar-refractivity contribution in [2.75, 3.05) is 5.32 Å². The fraction of sp³-hybridized carbons (Fsp3) is 0.381. The molecule has 2 N–H and O–H groups in total. The van der Waals surface area contributed by atoms with Gasteiger partial charge in [-0.3, -0.25) is 4.79 Å². The van der Waals surface area contributed by atoms with Crippen molar-refractivity contribution < 1.29 is 23.1 Å². The first-order valence-electron chi connectivity index (χ1n) is 10.1. The number of alkyl halides is 3. The van der Waals surface area contributed by atoms with Crippen molar-refractivity contribution in [3.63, 3.8) is 0 Å². The van der Waals surface area contributed by atoms with Crippen LogP contribution in [0.25, 0.3) is 11.4 Å². The van der Waals surface area contributed by atoms with Crippen LogP contribution in [0.5, 0.6) is 0 Å². The molecule has 0 aromatic carbocycles. The van der Waals surface area contributed by atoms with Gasteiger partial charge in [0.15, 0.2) is 0 Å². The SMILES string of the molecule is Cc1cc(Nc2cc(C(F)(F)F)ccn2)nc(-c2cn(C3CCC(C(=O)O)CC3)nn2)c1. The Bertz CT molecular complexity index is 1120. The summed E-state index contributed by atoms with van der Waals surface area (Å²) in [5.74, 6) is -0.709. The molecule has 1 fully saturated rings. The third-order valence-electron chi connectivity index (χ3n) is 5.51. The van der Waals surface area contributed by atoms with Crippen LogP contribution in [0.1, 0.15) is 42.9 Å². The molecule has 1 aliphatic carbocycles. The number of nitrogens with one attached hydrogen (secondary N) is 1. The van der Waals surface area contributed by atoms with Gasteiger partial charge in [-0.25, -0.2) is 14.6 Å². The van der Waals surface area contributed by atoms with Gasteiger partial charge >= 0.3 is 12.1 Å². The summed E-state index contributed by atoms with van der Waals surface area (Å²) in [6.07, 6.45) is 0.981. The summed E-state index contributed by atoms with van der Waals surface area (Å²) >= 11 is 0. The highest BCUT2D eigenvalue weighted by Crippen LogP contribution is 2.33. The van der Waals surface area contributed by atoms with Crippen molar-refractivity contribution in [2.24, 2.45) is 5.92 Å². The molecule has 0 saturated heterocycles. The number of hydrogen-bond acceptors (Lipinski definition) is 6. The number of aliphatic carboxylic acids is 1. The van der Waals surface area contributed by atoms with Crippen molar-refractivity contribution in [3.8, 4) is 11.4 Å². The number of carbonyl (C=O) groups is 1. The van der Waals surface area contributed by atoms with E-state index in [0.717, 1.165) is 23.9 Å². The Morgan fingerprint density at radius 2 is 1.88 bits per heavy atom. The normalized spacial score (nSPS) is 19.0. The van der Waals surface area contributed by atoms with E-state index in [1.807, 2.05) is 6.92 Å². The molecule has 4 rings (SSSR count). The molecule has 3 heterocycles. The van der Waals surface area contributed by atoms with Gasteiger partial charge in [0.05, 0.1) is 29.4 Å². The number of aromatic nitrogens is 5. The predicted octanol–water partition coefficient (Wildman–Crippen LogP) is 4.62. The van der Waals surface area contributed by atoms with Crippen LogP contribution in [-0.2, 0) is 11.0 Å². The number of hydrogen-bond donors (Lipinski definition) is 2. The Balaban J connectivity index is 1.52. The van der Waals surface area contributed by atoms with Crippen LogP contribution >= 0.6 is 0 Å². The molecule has 0 aliphatic heterocycles. The monoisotopic (exact) mass is 446 g/mol. The maximum atomic E-state index is 13.0. The Hall–Kier alpha value is -3.50. The van der Waals surface area contributed by atoms with Crippen LogP contribution in [0.4, 0.5) is 24.8 Å². The molecule has 1 aliphatic rings. The zero-order chi connectivity index (χ0) is 22.9. The summed E-state index contributed by atoms with van der Waals surface area (Å²) in [6.45, 7) is 1.84. The van der Waals surface area contributed by atoms with Crippen molar-refractivity contribution in [1.82, 2.24) is 25.0 Å². The Kier molecular flexibility index (Phi) is 5.81. The van der Waals surface area contributed by atoms with Crippen molar-refractivity contribution in [1.29, 1.82) is 0 Å². The summed E-state index contributed by atoms with van der Waals surface area (Å²) in [7, 11) is 0. The number of halogens is 3. The van der Waals surface area contributed by atoms with Crippen LogP contribution in [0, 0.1) is 12.8 Å². The summed E-state index contributed by atoms with van der Waals surface area (Å²) in [6, 6.07) is 5.41. The fourth-order valence-electron chi connectivity index (χ4n) is 3.83. The molecular weight excluding hydrogens is 425 g/mol. The minimum Gasteiger partial charge on any atom is -0.481 e. The van der Waals surface area contributed by atoms with Gasteiger partial charge in [0.2, 0.25) is 0 Å². The zero-order valence-corrected chi connectivity index (χ0v) is 17.2. The van der Waals surface area contributed by atoms with E-state index in [4.69, 9.17) is 5.11 Å². The van der Waals surface area contributed by atoms with Gasteiger partial charge in [-0.1, -0.05) is 5.21 Å². The molecule has 0 spiro atoms. The van der Waals surface area contributed by atoms with Crippen LogP contribution in [-0.4, -0.2) is 36.0 Å². The minimum atomic E-state index is -4.47. The van der Waals surface area contributed by atoms with E-state index in [2.05, 4.69) is 25.6 Å². The first kappa shape index (κ1) is 21.7. The second kappa shape index (κ2) is 8.56. The lowest BCUT2D eigenvalue weighted by atomic mass is 9.86. The predicted molar refractivity (Wildman–Crippen MR) is 109 cm³/mol. The van der Waals surface area contributed by atoms with Gasteiger partial charge in [0.25, 0.3) is 0 Å². The van der Waals surface area contributed by atoms with E-state index in [9.17, 15) is 18.0 Å². The second-order valence-electron chi connectivity index (χ2n) is 7.89. The lowest BCUT2D eigenvalue weighted by Gasteiger charge is -2.25. The van der Waals surface area contributed by atoms with Crippen molar-refractivity contribution in [3.05, 3.63) is 47.8 Å². The fourth-order valence-corrected chi connectivity index (χ4v) is 3.83. The summed E-state index contributed by atoms with van der Waals surface area (Å²) in [4.78, 5) is 19.5. The molecule has 11 heteroatoms. The molecule has 8 nitrogen and oxygen atoms in total. The Labute approximate surface area is 181 Å². The van der Waals surface area contributed by atoms with Gasteiger partial charge in [0.1, 0.15) is 17.3 Å². The zero-order valence-electron chi connectivity index (χ0n) is 17.2. The molecule has 0 unspecified atom stereocenters. The molecule has 3 aromatic rings. The van der Waals surface area contributed by atoms with Gasteiger partial charge < -0.3 is 10.4 Å². The molecule has 0 amide bonds. The number of aryl methyl sites for hydroxylation is 1. The average molecular weight is 446 g/mol. The average Bonchev–Trinajstić information content (AvgIpc) is 3.23. The second-order valence-corrected chi connectivity index (χ2v) is 7.89. The highest BCUT2D eigenvalue weighted by atomic mass is 19.4. The lowest BCUT2D eigenvalue weighted by molar-refractivity contribution is -0.143. The smallest absolute Gasteiger partial charge is 0.416 e. The Morgan fingerprint density at radius 1 is 1.12 bits per heavy atom. The molecule has 3 aromatic heterocycles. The van der Waals surface area contributed by atoms with E-state index < -0.39 is 17.7 Å². The number of pyridine rings is 2. The maximum absolute atomic E-state index is 13.0. The molecule has 0 atom stereocenters. The first-order chi connectivity index (χ1) is 15.2. The lowest BCUT2D eigenvalue weighted by Crippen LogP contribution is -2.23. The molecule has 32 heavy (non-hydrogen) atoms. The van der Waals surface area contributed by atoms with Crippen LogP contribution in [0.2, 0.25) is 0 Å². The largest absolute Gasteiger partial charge is 0.481 e. The summed E-state index contributed by atoms with van der Waals surface area (Å²) in [5.41, 5.74) is 1.07. The molecule has 0 bridgehead atoms. The standard InChI is InChI=1S/C21H21F3N6O2/c1-12-8-16(17-11-30(29-28-17)15-4-2-13(3-5-15)20(31)32)26-19(9-12)27-18-10-14(6-7-25-18)21(22,23)24/h6-11,13,15H,2-5H2,1H3,(H,31,32)(H,25,26,27). The van der Waals surface area contributed by atoms with Crippen LogP contribution in [0.15, 0.2) is 36.7 Å². The van der Waals surface area contributed by atoms with E-state index in [1.54, 1.807) is 23.0 Å². The molecule has 0 radical (unpaired) electrons. The van der Waals surface area contributed by atoms with E-state index in [-0.39, 0.29) is 17.8 Å². The Morgan fingerprint density at radius 3 is 2.56 bits per heavy atom. The van der Waals surface area contributed by atoms with Crippen molar-refractivity contribution >= 4 is 17.6 Å². The number of nitrogens with zero attached hydrogens (tertiary/aromatic N) is 5. The summed E-state index contributed by atoms with van der Waals surface area (Å²) in [5, 5.41) is 20.4. The third kappa shape index (κ3) is 4.87. The number of carboxylic acid groups (broad SMARTS) is 1. The summed E-state index contributed by atoms with van der Waals surface area (Å²) < 4.78 is 40.6. The molecular formula is C21H21F3N6O2. The van der Waals surface area contributed by atoms with E-state index >= 15 is 0 Å². The van der Waals surface area contributed by atoms with Crippen molar-refractivity contribution in [2.45, 2.75) is 44.8 Å². The van der Waals surface area contributed by atoms with E-state index in [0.29, 0.717) is 42.9 Å². The highest BCUT2D eigenvalue weighted by molar-refractivity contribution is 5.70. The molecule has 168 valence electrons.